The second kappa shape index (κ2) is 11.0. The Morgan fingerprint density at radius 3 is 2.03 bits per heavy atom. The van der Waals surface area contributed by atoms with Gasteiger partial charge in [0.25, 0.3) is 0 Å². The lowest BCUT2D eigenvalue weighted by atomic mass is 9.70. The van der Waals surface area contributed by atoms with Crippen LogP contribution in [0.15, 0.2) is 77.7 Å². The van der Waals surface area contributed by atoms with Gasteiger partial charge in [0.05, 0.1) is 12.0 Å². The molecule has 2 bridgehead atoms. The van der Waals surface area contributed by atoms with E-state index in [9.17, 15) is 8.42 Å². The Kier molecular flexibility index (Phi) is 7.80. The number of para-hydroxylation sites is 1. The fourth-order valence-corrected chi connectivity index (χ4v) is 8.74. The minimum absolute atomic E-state index is 0.104. The van der Waals surface area contributed by atoms with Gasteiger partial charge in [-0.15, -0.1) is 0 Å². The van der Waals surface area contributed by atoms with Gasteiger partial charge in [-0.3, -0.25) is 0 Å². The van der Waals surface area contributed by atoms with E-state index in [2.05, 4.69) is 79.8 Å². The summed E-state index contributed by atoms with van der Waals surface area (Å²) >= 11 is 0. The van der Waals surface area contributed by atoms with Gasteiger partial charge < -0.3 is 9.64 Å². The maximum absolute atomic E-state index is 14.1. The number of sulfonamides is 1. The molecule has 6 heteroatoms. The standard InChI is InChI=1S/C33H42N2O3S/c1-23(2)30-15-10-16-31(24(3)4)32(30)39(36,37)34-22-33(25-11-9-14-29(19-25)38-5)20-27-17-18-28(21-33)35(27)26-12-7-6-8-13-26/h6-16,19,23-24,27-28,34H,17-18,20-22H2,1-5H3. The van der Waals surface area contributed by atoms with Crippen molar-refractivity contribution < 1.29 is 13.2 Å². The molecule has 2 saturated heterocycles. The zero-order valence-electron chi connectivity index (χ0n) is 23.9. The summed E-state index contributed by atoms with van der Waals surface area (Å²) < 4.78 is 37.0. The molecule has 5 rings (SSSR count). The highest BCUT2D eigenvalue weighted by Gasteiger charge is 2.49. The fourth-order valence-electron chi connectivity index (χ4n) is 6.90. The zero-order chi connectivity index (χ0) is 27.8. The molecule has 2 atom stereocenters. The molecule has 2 fully saturated rings. The maximum atomic E-state index is 14.1. The number of piperidine rings is 1. The van der Waals surface area contributed by atoms with Crippen LogP contribution in [0.4, 0.5) is 5.69 Å². The first kappa shape index (κ1) is 27.7. The summed E-state index contributed by atoms with van der Waals surface area (Å²) in [5, 5.41) is 0. The number of hydrogen-bond donors (Lipinski definition) is 1. The van der Waals surface area contributed by atoms with Crippen LogP contribution in [0.2, 0.25) is 0 Å². The van der Waals surface area contributed by atoms with Gasteiger partial charge in [0.2, 0.25) is 10.0 Å². The van der Waals surface area contributed by atoms with Crippen LogP contribution in [0.1, 0.15) is 81.9 Å². The molecule has 0 saturated carbocycles. The van der Waals surface area contributed by atoms with Crippen LogP contribution in [0.25, 0.3) is 0 Å². The number of rotatable bonds is 9. The van der Waals surface area contributed by atoms with E-state index < -0.39 is 10.0 Å². The van der Waals surface area contributed by atoms with Gasteiger partial charge >= 0.3 is 0 Å². The third-order valence-electron chi connectivity index (χ3n) is 8.80. The number of nitrogens with zero attached hydrogens (tertiary/aromatic N) is 1. The summed E-state index contributed by atoms with van der Waals surface area (Å²) in [5.74, 6) is 1.01. The highest BCUT2D eigenvalue weighted by molar-refractivity contribution is 7.89. The predicted molar refractivity (Wildman–Crippen MR) is 159 cm³/mol. The number of nitrogens with one attached hydrogen (secondary N) is 1. The molecule has 2 aliphatic heterocycles. The summed E-state index contributed by atoms with van der Waals surface area (Å²) in [7, 11) is -2.06. The molecular weight excluding hydrogens is 504 g/mol. The fraction of sp³-hybridized carbons (Fsp3) is 0.455. The molecule has 1 N–H and O–H groups in total. The van der Waals surface area contributed by atoms with Gasteiger partial charge in [-0.2, -0.15) is 0 Å². The van der Waals surface area contributed by atoms with Crippen molar-refractivity contribution in [1.29, 1.82) is 0 Å². The summed E-state index contributed by atoms with van der Waals surface area (Å²) in [4.78, 5) is 3.04. The molecule has 0 aliphatic carbocycles. The topological polar surface area (TPSA) is 58.6 Å². The molecule has 3 aromatic carbocycles. The summed E-state index contributed by atoms with van der Waals surface area (Å²) in [6.07, 6.45) is 4.01. The first-order chi connectivity index (χ1) is 18.6. The SMILES string of the molecule is COc1cccc(C2(CNS(=O)(=O)c3c(C(C)C)cccc3C(C)C)CC3CCC(C2)N3c2ccccc2)c1. The lowest BCUT2D eigenvalue weighted by Crippen LogP contribution is -2.54. The summed E-state index contributed by atoms with van der Waals surface area (Å²) in [5.41, 5.74) is 3.84. The van der Waals surface area contributed by atoms with E-state index in [-0.39, 0.29) is 17.3 Å². The highest BCUT2D eigenvalue weighted by atomic mass is 32.2. The molecule has 5 nitrogen and oxygen atoms in total. The largest absolute Gasteiger partial charge is 0.497 e. The highest BCUT2D eigenvalue weighted by Crippen LogP contribution is 2.49. The Morgan fingerprint density at radius 2 is 1.46 bits per heavy atom. The van der Waals surface area contributed by atoms with E-state index in [0.717, 1.165) is 48.1 Å². The molecule has 0 aromatic heterocycles. The van der Waals surface area contributed by atoms with E-state index in [4.69, 9.17) is 4.74 Å². The number of ether oxygens (including phenoxy) is 1. The Bertz CT molecular complexity index is 1360. The van der Waals surface area contributed by atoms with Crippen molar-refractivity contribution in [1.82, 2.24) is 4.72 Å². The second-order valence-electron chi connectivity index (χ2n) is 11.9. The smallest absolute Gasteiger partial charge is 0.241 e. The number of hydrogen-bond acceptors (Lipinski definition) is 4. The van der Waals surface area contributed by atoms with Gasteiger partial charge in [0, 0.05) is 29.7 Å². The Hall–Kier alpha value is -2.83. The quantitative estimate of drug-likeness (QED) is 0.314. The van der Waals surface area contributed by atoms with Gasteiger partial charge in [0.15, 0.2) is 0 Å². The number of benzene rings is 3. The Balaban J connectivity index is 1.53. The van der Waals surface area contributed by atoms with Crippen LogP contribution >= 0.6 is 0 Å². The molecule has 2 aliphatic rings. The summed E-state index contributed by atoms with van der Waals surface area (Å²) in [6.45, 7) is 8.61. The van der Waals surface area contributed by atoms with E-state index in [0.29, 0.717) is 23.5 Å². The van der Waals surface area contributed by atoms with Gasteiger partial charge in [0.1, 0.15) is 5.75 Å². The second-order valence-corrected chi connectivity index (χ2v) is 13.7. The molecule has 39 heavy (non-hydrogen) atoms. The average molecular weight is 547 g/mol. The normalized spacial score (nSPS) is 23.0. The van der Waals surface area contributed by atoms with Crippen molar-refractivity contribution >= 4 is 15.7 Å². The average Bonchev–Trinajstić information content (AvgIpc) is 3.22. The molecule has 0 radical (unpaired) electrons. The van der Waals surface area contributed by atoms with Crippen molar-refractivity contribution in [2.45, 2.75) is 87.6 Å². The molecular formula is C33H42N2O3S. The van der Waals surface area contributed by atoms with Crippen LogP contribution in [-0.4, -0.2) is 34.2 Å². The maximum Gasteiger partial charge on any atom is 0.241 e. The van der Waals surface area contributed by atoms with Crippen LogP contribution < -0.4 is 14.4 Å². The predicted octanol–water partition coefficient (Wildman–Crippen LogP) is 6.99. The van der Waals surface area contributed by atoms with Gasteiger partial charge in [-0.25, -0.2) is 13.1 Å². The lowest BCUT2D eigenvalue weighted by molar-refractivity contribution is 0.278. The third-order valence-corrected chi connectivity index (χ3v) is 10.3. The Morgan fingerprint density at radius 1 is 0.872 bits per heavy atom. The minimum Gasteiger partial charge on any atom is -0.497 e. The Labute approximate surface area is 234 Å². The van der Waals surface area contributed by atoms with Crippen molar-refractivity contribution in [2.24, 2.45) is 0 Å². The number of fused-ring (bicyclic) bond motifs is 2. The molecule has 3 aromatic rings. The molecule has 2 unspecified atom stereocenters. The lowest BCUT2D eigenvalue weighted by Gasteiger charge is -2.48. The number of methoxy groups -OCH3 is 1. The van der Waals surface area contributed by atoms with E-state index in [1.165, 1.54) is 5.69 Å². The van der Waals surface area contributed by atoms with E-state index >= 15 is 0 Å². The van der Waals surface area contributed by atoms with Crippen LogP contribution in [0, 0.1) is 0 Å². The molecule has 2 heterocycles. The van der Waals surface area contributed by atoms with Crippen molar-refractivity contribution in [3.63, 3.8) is 0 Å². The first-order valence-electron chi connectivity index (χ1n) is 14.3. The first-order valence-corrected chi connectivity index (χ1v) is 15.7. The van der Waals surface area contributed by atoms with E-state index in [1.54, 1.807) is 7.11 Å². The van der Waals surface area contributed by atoms with Crippen molar-refractivity contribution in [3.8, 4) is 5.75 Å². The molecule has 208 valence electrons. The van der Waals surface area contributed by atoms with Crippen molar-refractivity contribution in [3.05, 3.63) is 89.5 Å². The number of anilines is 1. The van der Waals surface area contributed by atoms with Crippen LogP contribution in [0.5, 0.6) is 5.75 Å². The van der Waals surface area contributed by atoms with Crippen LogP contribution in [0.3, 0.4) is 0 Å². The molecule has 0 amide bonds. The minimum atomic E-state index is -3.75. The van der Waals surface area contributed by atoms with Gasteiger partial charge in [-0.05, 0) is 78.5 Å². The van der Waals surface area contributed by atoms with E-state index in [1.807, 2.05) is 30.3 Å². The van der Waals surface area contributed by atoms with Crippen molar-refractivity contribution in [2.75, 3.05) is 18.6 Å². The van der Waals surface area contributed by atoms with Crippen LogP contribution in [-0.2, 0) is 15.4 Å². The molecule has 0 spiro atoms. The summed E-state index contributed by atoms with van der Waals surface area (Å²) in [6, 6.07) is 25.5. The third kappa shape index (κ3) is 5.33. The zero-order valence-corrected chi connectivity index (χ0v) is 24.7. The monoisotopic (exact) mass is 546 g/mol. The van der Waals surface area contributed by atoms with Gasteiger partial charge in [-0.1, -0.05) is 76.2 Å².